The van der Waals surface area contributed by atoms with Crippen LogP contribution in [0, 0.1) is 17.8 Å². The highest BCUT2D eigenvalue weighted by atomic mass is 28.3. The third kappa shape index (κ3) is 3.31. The monoisotopic (exact) mass is 278 g/mol. The molecule has 0 aromatic carbocycles. The summed E-state index contributed by atoms with van der Waals surface area (Å²) >= 11 is 0. The van der Waals surface area contributed by atoms with Gasteiger partial charge >= 0.3 is 0 Å². The van der Waals surface area contributed by atoms with Crippen LogP contribution in [0.5, 0.6) is 0 Å². The lowest BCUT2D eigenvalue weighted by Gasteiger charge is -2.45. The molecular weight excluding hydrogens is 244 g/mol. The van der Waals surface area contributed by atoms with E-state index in [0.717, 1.165) is 0 Å². The molecule has 110 valence electrons. The van der Waals surface area contributed by atoms with E-state index in [4.69, 9.17) is 0 Å². The zero-order valence-corrected chi connectivity index (χ0v) is 15.4. The first-order valence-corrected chi connectivity index (χ1v) is 9.66. The standard InChI is InChI=1S/C18H34Si/c1-12(2)16(9)19(15(7)8,17(10)13(3)4)18(11)14(5)6/h12-15H,9-11H2,1-8H3. The van der Waals surface area contributed by atoms with E-state index in [1.165, 1.54) is 15.6 Å². The quantitative estimate of drug-likeness (QED) is 0.494. The molecule has 0 aromatic rings. The summed E-state index contributed by atoms with van der Waals surface area (Å²) in [7, 11) is -1.96. The third-order valence-electron chi connectivity index (χ3n) is 4.48. The van der Waals surface area contributed by atoms with Gasteiger partial charge in [0.15, 0.2) is 0 Å². The lowest BCUT2D eigenvalue weighted by molar-refractivity contribution is 0.743. The lowest BCUT2D eigenvalue weighted by Crippen LogP contribution is -2.49. The van der Waals surface area contributed by atoms with Crippen LogP contribution in [0.15, 0.2) is 35.3 Å². The average Bonchev–Trinajstić information content (AvgIpc) is 2.28. The Hall–Kier alpha value is -0.563. The molecule has 0 aliphatic rings. The second-order valence-corrected chi connectivity index (χ2v) is 11.7. The molecule has 0 N–H and O–H groups in total. The van der Waals surface area contributed by atoms with Gasteiger partial charge in [-0.2, -0.15) is 0 Å². The Bertz CT molecular complexity index is 306. The number of hydrogen-bond acceptors (Lipinski definition) is 0. The Labute approximate surface area is 122 Å². The van der Waals surface area contributed by atoms with Gasteiger partial charge in [0.2, 0.25) is 0 Å². The molecule has 0 aliphatic carbocycles. The molecule has 0 rings (SSSR count). The second kappa shape index (κ2) is 6.74. The highest BCUT2D eigenvalue weighted by Crippen LogP contribution is 2.45. The summed E-state index contributed by atoms with van der Waals surface area (Å²) in [4.78, 5) is 0. The largest absolute Gasteiger partial charge is 0.137 e. The molecule has 0 nitrogen and oxygen atoms in total. The van der Waals surface area contributed by atoms with Gasteiger partial charge in [-0.25, -0.2) is 0 Å². The van der Waals surface area contributed by atoms with Gasteiger partial charge in [-0.05, 0) is 23.3 Å². The van der Waals surface area contributed by atoms with E-state index in [1.807, 2.05) is 0 Å². The van der Waals surface area contributed by atoms with Gasteiger partial charge in [0.05, 0.1) is 0 Å². The SMILES string of the molecule is C=C(C(C)C)[Si](C(=C)C(C)C)(C(=C)C(C)C)C(C)C. The van der Waals surface area contributed by atoms with E-state index in [9.17, 15) is 0 Å². The topological polar surface area (TPSA) is 0 Å². The van der Waals surface area contributed by atoms with Crippen LogP contribution in [0.4, 0.5) is 0 Å². The number of hydrogen-bond donors (Lipinski definition) is 0. The molecule has 0 amide bonds. The van der Waals surface area contributed by atoms with Gasteiger partial charge in [-0.15, -0.1) is 19.7 Å². The normalized spacial score (nSPS) is 12.6. The predicted octanol–water partition coefficient (Wildman–Crippen LogP) is 6.10. The van der Waals surface area contributed by atoms with E-state index in [-0.39, 0.29) is 0 Å². The van der Waals surface area contributed by atoms with E-state index in [2.05, 4.69) is 75.1 Å². The molecule has 0 aliphatic heterocycles. The summed E-state index contributed by atoms with van der Waals surface area (Å²) in [6, 6.07) is 0. The molecule has 0 radical (unpaired) electrons. The van der Waals surface area contributed by atoms with E-state index in [1.54, 1.807) is 0 Å². The first-order chi connectivity index (χ1) is 8.51. The lowest BCUT2D eigenvalue weighted by atomic mass is 10.2. The summed E-state index contributed by atoms with van der Waals surface area (Å²) in [6.07, 6.45) is 0. The van der Waals surface area contributed by atoms with Crippen LogP contribution in [0.25, 0.3) is 0 Å². The first-order valence-electron chi connectivity index (χ1n) is 7.58. The molecule has 0 fully saturated rings. The molecule has 0 atom stereocenters. The van der Waals surface area contributed by atoms with Crippen molar-refractivity contribution in [2.45, 2.75) is 60.9 Å². The Morgan fingerprint density at radius 2 is 0.789 bits per heavy atom. The van der Waals surface area contributed by atoms with Crippen molar-refractivity contribution < 1.29 is 0 Å². The average molecular weight is 279 g/mol. The van der Waals surface area contributed by atoms with Crippen LogP contribution in [0.1, 0.15) is 55.4 Å². The zero-order valence-electron chi connectivity index (χ0n) is 14.4. The van der Waals surface area contributed by atoms with Gasteiger partial charge in [-0.1, -0.05) is 71.0 Å². The minimum absolute atomic E-state index is 0.500. The molecule has 0 spiro atoms. The van der Waals surface area contributed by atoms with Crippen LogP contribution in [-0.4, -0.2) is 8.07 Å². The van der Waals surface area contributed by atoms with E-state index < -0.39 is 8.07 Å². The maximum absolute atomic E-state index is 4.49. The van der Waals surface area contributed by atoms with Crippen molar-refractivity contribution in [3.05, 3.63) is 35.3 Å². The van der Waals surface area contributed by atoms with Gasteiger partial charge in [0, 0.05) is 0 Å². The van der Waals surface area contributed by atoms with Crippen LogP contribution in [0.2, 0.25) is 5.54 Å². The number of rotatable bonds is 7. The number of allylic oxidation sites excluding steroid dienone is 3. The molecule has 0 saturated heterocycles. The zero-order chi connectivity index (χ0) is 15.5. The van der Waals surface area contributed by atoms with Crippen molar-refractivity contribution in [3.8, 4) is 0 Å². The van der Waals surface area contributed by atoms with E-state index in [0.29, 0.717) is 23.3 Å². The van der Waals surface area contributed by atoms with Gasteiger partial charge in [-0.3, -0.25) is 0 Å². The Morgan fingerprint density at radius 1 is 0.579 bits per heavy atom. The maximum atomic E-state index is 4.49. The van der Waals surface area contributed by atoms with Crippen molar-refractivity contribution in [1.82, 2.24) is 0 Å². The summed E-state index contributed by atoms with van der Waals surface area (Å²) < 4.78 is 0. The highest BCUT2D eigenvalue weighted by Gasteiger charge is 2.46. The fourth-order valence-electron chi connectivity index (χ4n) is 3.10. The van der Waals surface area contributed by atoms with Crippen LogP contribution in [-0.2, 0) is 0 Å². The maximum Gasteiger partial charge on any atom is 0.137 e. The molecule has 0 heterocycles. The summed E-state index contributed by atoms with van der Waals surface area (Å²) in [6.45, 7) is 31.7. The van der Waals surface area contributed by atoms with Gasteiger partial charge < -0.3 is 0 Å². The minimum atomic E-state index is -1.96. The fraction of sp³-hybridized carbons (Fsp3) is 0.667. The molecule has 0 saturated carbocycles. The third-order valence-corrected chi connectivity index (χ3v) is 11.0. The predicted molar refractivity (Wildman–Crippen MR) is 92.8 cm³/mol. The van der Waals surface area contributed by atoms with Gasteiger partial charge in [0.25, 0.3) is 0 Å². The van der Waals surface area contributed by atoms with Crippen molar-refractivity contribution >= 4 is 8.07 Å². The van der Waals surface area contributed by atoms with Crippen molar-refractivity contribution in [3.63, 3.8) is 0 Å². The van der Waals surface area contributed by atoms with Crippen LogP contribution in [0.3, 0.4) is 0 Å². The molecular formula is C18H34Si. The smallest absolute Gasteiger partial charge is 0.103 e. The van der Waals surface area contributed by atoms with Crippen molar-refractivity contribution in [2.75, 3.05) is 0 Å². The molecule has 0 bridgehead atoms. The molecule has 0 unspecified atom stereocenters. The Balaban J connectivity index is 6.14. The molecule has 0 aromatic heterocycles. The summed E-state index contributed by atoms with van der Waals surface area (Å²) in [5.41, 5.74) is 0.576. The fourth-order valence-corrected chi connectivity index (χ4v) is 9.29. The minimum Gasteiger partial charge on any atom is -0.103 e. The summed E-state index contributed by atoms with van der Waals surface area (Å²) in [5, 5.41) is 4.21. The van der Waals surface area contributed by atoms with Crippen LogP contribution >= 0.6 is 0 Å². The van der Waals surface area contributed by atoms with Gasteiger partial charge in [0.1, 0.15) is 8.07 Å². The molecule has 1 heteroatoms. The molecule has 19 heavy (non-hydrogen) atoms. The Morgan fingerprint density at radius 3 is 0.895 bits per heavy atom. The van der Waals surface area contributed by atoms with E-state index >= 15 is 0 Å². The summed E-state index contributed by atoms with van der Waals surface area (Å²) in [5.74, 6) is 1.50. The van der Waals surface area contributed by atoms with Crippen LogP contribution < -0.4 is 0 Å². The van der Waals surface area contributed by atoms with Crippen molar-refractivity contribution in [2.24, 2.45) is 17.8 Å². The first kappa shape index (κ1) is 18.4. The van der Waals surface area contributed by atoms with Crippen molar-refractivity contribution in [1.29, 1.82) is 0 Å². The Kier molecular flexibility index (Phi) is 6.54. The second-order valence-electron chi connectivity index (χ2n) is 7.00. The highest BCUT2D eigenvalue weighted by molar-refractivity contribution is 6.99.